The van der Waals surface area contributed by atoms with E-state index in [4.69, 9.17) is 13.7 Å². The molecule has 2 rings (SSSR count). The van der Waals surface area contributed by atoms with Gasteiger partial charge in [-0.3, -0.25) is 10.1 Å². The van der Waals surface area contributed by atoms with E-state index in [1.165, 1.54) is 19.2 Å². The zero-order valence-corrected chi connectivity index (χ0v) is 16.3. The highest BCUT2D eigenvalue weighted by Crippen LogP contribution is 2.32. The van der Waals surface area contributed by atoms with Crippen molar-refractivity contribution in [3.8, 4) is 5.75 Å². The number of ether oxygens (including phenoxy) is 2. The van der Waals surface area contributed by atoms with E-state index in [0.717, 1.165) is 0 Å². The lowest BCUT2D eigenvalue weighted by Crippen LogP contribution is -2.48. The van der Waals surface area contributed by atoms with Crippen LogP contribution in [-0.4, -0.2) is 43.8 Å². The fourth-order valence-electron chi connectivity index (χ4n) is 2.44. The van der Waals surface area contributed by atoms with Crippen molar-refractivity contribution in [3.63, 3.8) is 0 Å². The van der Waals surface area contributed by atoms with Gasteiger partial charge in [-0.2, -0.15) is 8.42 Å². The van der Waals surface area contributed by atoms with E-state index in [-0.39, 0.29) is 5.75 Å². The van der Waals surface area contributed by atoms with E-state index in [1.54, 1.807) is 26.0 Å². The van der Waals surface area contributed by atoms with E-state index >= 15 is 0 Å². The molecule has 0 radical (unpaired) electrons. The van der Waals surface area contributed by atoms with E-state index in [1.807, 2.05) is 0 Å². The Balaban J connectivity index is 1.96. The number of nitro groups is 1. The van der Waals surface area contributed by atoms with Crippen LogP contribution in [0.1, 0.15) is 25.7 Å². The third kappa shape index (κ3) is 6.27. The van der Waals surface area contributed by atoms with Gasteiger partial charge in [0.25, 0.3) is 6.04 Å². The molecule has 27 heavy (non-hydrogen) atoms. The van der Waals surface area contributed by atoms with Crippen LogP contribution in [0.5, 0.6) is 5.75 Å². The Bertz CT molecular complexity index is 714. The molecule has 0 aromatic heterocycles. The molecule has 0 spiro atoms. The summed E-state index contributed by atoms with van der Waals surface area (Å²) in [4.78, 5) is 14.8. The normalized spacial score (nSPS) is 25.9. The van der Waals surface area contributed by atoms with Gasteiger partial charge >= 0.3 is 10.1 Å². The Hall–Kier alpha value is -1.48. The molecule has 0 aliphatic carbocycles. The Morgan fingerprint density at radius 1 is 1.19 bits per heavy atom. The molecule has 1 aromatic rings. The minimum absolute atomic E-state index is 0.0760. The predicted molar refractivity (Wildman–Crippen MR) is 92.2 cm³/mol. The van der Waals surface area contributed by atoms with Crippen molar-refractivity contribution < 1.29 is 41.3 Å². The molecule has 0 amide bonds. The molecule has 1 aromatic carbocycles. The van der Waals surface area contributed by atoms with Crippen molar-refractivity contribution in [3.05, 3.63) is 39.9 Å². The van der Waals surface area contributed by atoms with Gasteiger partial charge in [-0.05, 0) is 26.0 Å². The van der Waals surface area contributed by atoms with Crippen LogP contribution in [-0.2, 0) is 33.9 Å². The van der Waals surface area contributed by atoms with Crippen LogP contribution in [0.4, 0.5) is 0 Å². The molecule has 1 fully saturated rings. The molecule has 1 aliphatic heterocycles. The summed E-state index contributed by atoms with van der Waals surface area (Å²) in [6, 6.07) is 4.99. The van der Waals surface area contributed by atoms with Gasteiger partial charge in [0.2, 0.25) is 0 Å². The first-order valence-electron chi connectivity index (χ1n) is 7.69. The van der Waals surface area contributed by atoms with Crippen LogP contribution in [0, 0.1) is 10.1 Å². The molecule has 1 heterocycles. The molecule has 152 valence electrons. The number of hydrogen-bond donors (Lipinski definition) is 0. The van der Waals surface area contributed by atoms with E-state index < -0.39 is 44.7 Å². The average molecular weight is 425 g/mol. The highest BCUT2D eigenvalue weighted by Gasteiger charge is 2.43. The fraction of sp³-hybridized carbons (Fsp3) is 0.571. The second-order valence-electron chi connectivity index (χ2n) is 5.54. The maximum Gasteiger partial charge on any atom is 0.321 e. The molecule has 2 unspecified atom stereocenters. The van der Waals surface area contributed by atoms with E-state index in [9.17, 15) is 18.5 Å². The quantitative estimate of drug-likeness (QED) is 0.144. The van der Waals surface area contributed by atoms with Crippen molar-refractivity contribution in [2.75, 3.05) is 12.2 Å². The molecule has 11 nitrogen and oxygen atoms in total. The second kappa shape index (κ2) is 9.64. The maximum atomic E-state index is 11.8. The first-order valence-corrected chi connectivity index (χ1v) is 10.2. The second-order valence-corrected chi connectivity index (χ2v) is 8.14. The average Bonchev–Trinajstić information content (AvgIpc) is 2.58. The largest absolute Gasteiger partial charge is 0.382 e. The summed E-state index contributed by atoms with van der Waals surface area (Å²) in [5.41, 5.74) is 0.575. The highest BCUT2D eigenvalue weighted by molar-refractivity contribution is 8.08. The lowest BCUT2D eigenvalue weighted by atomic mass is 10.1. The van der Waals surface area contributed by atoms with Crippen molar-refractivity contribution >= 4 is 22.2 Å². The Morgan fingerprint density at radius 3 is 2.30 bits per heavy atom. The summed E-state index contributed by atoms with van der Waals surface area (Å²) in [6.45, 7) is 3.22. The molecular weight excluding hydrogens is 406 g/mol. The summed E-state index contributed by atoms with van der Waals surface area (Å²) in [6.07, 6.45) is -2.08. The molecular formula is C14H19NO10S2. The monoisotopic (exact) mass is 425 g/mol. The molecule has 1 saturated heterocycles. The van der Waals surface area contributed by atoms with Gasteiger partial charge in [0.15, 0.2) is 11.4 Å². The summed E-state index contributed by atoms with van der Waals surface area (Å²) in [5.74, 6) is 0.0760. The zero-order valence-electron chi connectivity index (χ0n) is 14.7. The van der Waals surface area contributed by atoms with Crippen molar-refractivity contribution in [1.82, 2.24) is 0 Å². The lowest BCUT2D eigenvalue weighted by molar-refractivity contribution is -0.564. The fourth-order valence-corrected chi connectivity index (χ4v) is 3.76. The van der Waals surface area contributed by atoms with Gasteiger partial charge in [0.1, 0.15) is 18.0 Å². The maximum absolute atomic E-state index is 11.8. The first-order chi connectivity index (χ1) is 12.7. The van der Waals surface area contributed by atoms with Crippen LogP contribution < -0.4 is 4.18 Å². The van der Waals surface area contributed by atoms with Crippen LogP contribution in [0.15, 0.2) is 24.3 Å². The molecule has 1 aliphatic rings. The van der Waals surface area contributed by atoms with Crippen molar-refractivity contribution in [2.24, 2.45) is 0 Å². The third-order valence-corrected chi connectivity index (χ3v) is 5.73. The molecule has 0 N–H and O–H groups in total. The van der Waals surface area contributed by atoms with Gasteiger partial charge in [0.05, 0.1) is 19.2 Å². The number of benzene rings is 1. The minimum atomic E-state index is -3.92. The predicted octanol–water partition coefficient (Wildman–Crippen LogP) is 1.98. The van der Waals surface area contributed by atoms with Crippen LogP contribution >= 0.6 is 12.0 Å². The van der Waals surface area contributed by atoms with Crippen molar-refractivity contribution in [1.29, 1.82) is 0 Å². The van der Waals surface area contributed by atoms with Gasteiger partial charge in [-0.25, -0.2) is 4.89 Å². The number of rotatable bonds is 9. The number of hydrogen-bond acceptors (Lipinski definition) is 11. The third-order valence-electron chi connectivity index (χ3n) is 3.59. The summed E-state index contributed by atoms with van der Waals surface area (Å²) >= 11 is 0.478. The van der Waals surface area contributed by atoms with Crippen LogP contribution in [0.25, 0.3) is 0 Å². The lowest BCUT2D eigenvalue weighted by Gasteiger charge is -2.34. The SMILES string of the molecule is COOOSCS(=O)(=O)Oc1ccc(C2OC(C)C([N+](=O)[O-])C(C)O2)cc1. The topological polar surface area (TPSA) is 133 Å². The smallest absolute Gasteiger partial charge is 0.321 e. The molecule has 2 atom stereocenters. The number of nitrogens with zero attached hydrogens (tertiary/aromatic N) is 1. The molecule has 0 saturated carbocycles. The highest BCUT2D eigenvalue weighted by atomic mass is 32.3. The van der Waals surface area contributed by atoms with Gasteiger partial charge in [-0.1, -0.05) is 17.2 Å². The summed E-state index contributed by atoms with van der Waals surface area (Å²) in [7, 11) is -2.72. The summed E-state index contributed by atoms with van der Waals surface area (Å²) < 4.78 is 44.0. The molecule has 13 heteroatoms. The van der Waals surface area contributed by atoms with Gasteiger partial charge in [0, 0.05) is 10.5 Å². The zero-order chi connectivity index (χ0) is 20.0. The Kier molecular flexibility index (Phi) is 7.79. The van der Waals surface area contributed by atoms with Gasteiger partial charge in [-0.15, -0.1) is 4.33 Å². The Labute approximate surface area is 160 Å². The van der Waals surface area contributed by atoms with Crippen molar-refractivity contribution in [2.45, 2.75) is 38.4 Å². The molecule has 0 bridgehead atoms. The van der Waals surface area contributed by atoms with E-state index in [2.05, 4.69) is 14.3 Å². The first kappa shape index (κ1) is 21.8. The van der Waals surface area contributed by atoms with Crippen LogP contribution in [0.2, 0.25) is 0 Å². The minimum Gasteiger partial charge on any atom is -0.382 e. The van der Waals surface area contributed by atoms with Gasteiger partial charge < -0.3 is 13.7 Å². The standard InChI is InChI=1S/C14H19NO10S2/c1-9-13(15(16)17)10(2)22-14(21-9)11-4-6-12(7-5-11)23-27(18,19)8-26-25-24-20-3/h4-7,9-10,13-14H,8H2,1-3H3. The summed E-state index contributed by atoms with van der Waals surface area (Å²) in [5, 5.41) is 14.6. The Morgan fingerprint density at radius 2 is 1.78 bits per heavy atom. The van der Waals surface area contributed by atoms with E-state index in [0.29, 0.717) is 17.6 Å². The van der Waals surface area contributed by atoms with Crippen LogP contribution in [0.3, 0.4) is 0 Å².